The SMILES string of the molecule is Cc1cccc(COc2ccc(Br)cc2CN[C@@H](Cc2c[nH]c3ccccc23)C(=O)O)c1. The molecule has 164 valence electrons. The zero-order valence-corrected chi connectivity index (χ0v) is 19.4. The zero-order valence-electron chi connectivity index (χ0n) is 17.8. The molecule has 0 aliphatic rings. The largest absolute Gasteiger partial charge is 0.489 e. The molecule has 0 unspecified atom stereocenters. The lowest BCUT2D eigenvalue weighted by molar-refractivity contribution is -0.139. The van der Waals surface area contributed by atoms with Crippen molar-refractivity contribution in [2.24, 2.45) is 0 Å². The van der Waals surface area contributed by atoms with Crippen molar-refractivity contribution in [3.63, 3.8) is 0 Å². The van der Waals surface area contributed by atoms with E-state index in [9.17, 15) is 9.90 Å². The van der Waals surface area contributed by atoms with Gasteiger partial charge in [-0.2, -0.15) is 0 Å². The number of fused-ring (bicyclic) bond motifs is 1. The summed E-state index contributed by atoms with van der Waals surface area (Å²) in [7, 11) is 0. The van der Waals surface area contributed by atoms with E-state index < -0.39 is 12.0 Å². The third kappa shape index (κ3) is 5.39. The van der Waals surface area contributed by atoms with Crippen molar-refractivity contribution in [1.29, 1.82) is 0 Å². The standard InChI is InChI=1S/C26H25BrN2O3/c1-17-5-4-6-18(11-17)16-32-25-10-9-21(27)12-20(25)15-29-24(26(30)31)13-19-14-28-23-8-3-2-7-22(19)23/h2-12,14,24,28-29H,13,15-16H2,1H3,(H,30,31)/t24-/m0/s1. The van der Waals surface area contributed by atoms with Gasteiger partial charge in [-0.25, -0.2) is 0 Å². The summed E-state index contributed by atoms with van der Waals surface area (Å²) < 4.78 is 6.99. The third-order valence-corrected chi connectivity index (χ3v) is 5.93. The number of ether oxygens (including phenoxy) is 1. The predicted molar refractivity (Wildman–Crippen MR) is 130 cm³/mol. The number of rotatable bonds is 9. The smallest absolute Gasteiger partial charge is 0.321 e. The molecule has 3 N–H and O–H groups in total. The predicted octanol–water partition coefficient (Wildman–Crippen LogP) is 5.60. The summed E-state index contributed by atoms with van der Waals surface area (Å²) >= 11 is 3.51. The molecule has 0 saturated heterocycles. The maximum Gasteiger partial charge on any atom is 0.321 e. The van der Waals surface area contributed by atoms with Gasteiger partial charge < -0.3 is 14.8 Å². The lowest BCUT2D eigenvalue weighted by atomic mass is 10.0. The van der Waals surface area contributed by atoms with Crippen LogP contribution < -0.4 is 10.1 Å². The Kier molecular flexibility index (Phi) is 6.93. The van der Waals surface area contributed by atoms with E-state index in [1.807, 2.05) is 60.8 Å². The molecular weight excluding hydrogens is 468 g/mol. The lowest BCUT2D eigenvalue weighted by Crippen LogP contribution is -2.38. The fraction of sp³-hybridized carbons (Fsp3) is 0.192. The molecule has 0 amide bonds. The number of para-hydroxylation sites is 1. The van der Waals surface area contributed by atoms with Crippen molar-refractivity contribution in [2.75, 3.05) is 0 Å². The molecule has 1 atom stereocenters. The Morgan fingerprint density at radius 1 is 1.09 bits per heavy atom. The van der Waals surface area contributed by atoms with Gasteiger partial charge >= 0.3 is 5.97 Å². The molecule has 3 aromatic carbocycles. The van der Waals surface area contributed by atoms with E-state index in [0.717, 1.165) is 37.8 Å². The van der Waals surface area contributed by atoms with E-state index in [-0.39, 0.29) is 0 Å². The van der Waals surface area contributed by atoms with Crippen molar-refractivity contribution in [1.82, 2.24) is 10.3 Å². The quantitative estimate of drug-likeness (QED) is 0.284. The van der Waals surface area contributed by atoms with Crippen LogP contribution in [0.5, 0.6) is 5.75 Å². The second-order valence-electron chi connectivity index (χ2n) is 7.87. The van der Waals surface area contributed by atoms with Gasteiger partial charge in [0.2, 0.25) is 0 Å². The van der Waals surface area contributed by atoms with Crippen LogP contribution >= 0.6 is 15.9 Å². The molecule has 0 aliphatic heterocycles. The first kappa shape index (κ1) is 22.1. The van der Waals surface area contributed by atoms with Gasteiger partial charge in [0.25, 0.3) is 0 Å². The number of halogens is 1. The molecule has 5 nitrogen and oxygen atoms in total. The highest BCUT2D eigenvalue weighted by molar-refractivity contribution is 9.10. The fourth-order valence-corrected chi connectivity index (χ4v) is 4.20. The number of benzene rings is 3. The first-order chi connectivity index (χ1) is 15.5. The number of aliphatic carboxylic acids is 1. The lowest BCUT2D eigenvalue weighted by Gasteiger charge is -2.17. The highest BCUT2D eigenvalue weighted by Gasteiger charge is 2.20. The Morgan fingerprint density at radius 3 is 2.75 bits per heavy atom. The van der Waals surface area contributed by atoms with Crippen LogP contribution in [0.25, 0.3) is 10.9 Å². The second kappa shape index (κ2) is 10.0. The third-order valence-electron chi connectivity index (χ3n) is 5.44. The summed E-state index contributed by atoms with van der Waals surface area (Å²) in [5, 5.41) is 14.1. The average molecular weight is 493 g/mol. The normalized spacial score (nSPS) is 12.1. The topological polar surface area (TPSA) is 74.3 Å². The Balaban J connectivity index is 1.47. The molecular formula is C26H25BrN2O3. The number of H-pyrrole nitrogens is 1. The molecule has 1 aromatic heterocycles. The van der Waals surface area contributed by atoms with Crippen LogP contribution in [0.3, 0.4) is 0 Å². The molecule has 1 heterocycles. The summed E-state index contributed by atoms with van der Waals surface area (Å²) in [4.78, 5) is 15.2. The molecule has 6 heteroatoms. The van der Waals surface area contributed by atoms with Crippen molar-refractivity contribution in [2.45, 2.75) is 32.5 Å². The van der Waals surface area contributed by atoms with E-state index in [1.54, 1.807) is 0 Å². The van der Waals surface area contributed by atoms with Crippen LogP contribution in [0.4, 0.5) is 0 Å². The van der Waals surface area contributed by atoms with Crippen LogP contribution in [-0.2, 0) is 24.4 Å². The van der Waals surface area contributed by atoms with Crippen molar-refractivity contribution in [3.05, 3.63) is 99.7 Å². The van der Waals surface area contributed by atoms with Crippen LogP contribution in [-0.4, -0.2) is 22.1 Å². The fourth-order valence-electron chi connectivity index (χ4n) is 3.79. The summed E-state index contributed by atoms with van der Waals surface area (Å²) in [5.74, 6) is -0.147. The molecule has 32 heavy (non-hydrogen) atoms. The van der Waals surface area contributed by atoms with Gasteiger partial charge in [0, 0.05) is 40.1 Å². The molecule has 0 spiro atoms. The number of nitrogens with one attached hydrogen (secondary N) is 2. The summed E-state index contributed by atoms with van der Waals surface area (Å²) in [6.07, 6.45) is 2.27. The number of carboxylic acids is 1. The number of carbonyl (C=O) groups is 1. The summed E-state index contributed by atoms with van der Waals surface area (Å²) in [6, 6.07) is 21.2. The van der Waals surface area contributed by atoms with Crippen molar-refractivity contribution < 1.29 is 14.6 Å². The highest BCUT2D eigenvalue weighted by Crippen LogP contribution is 2.25. The van der Waals surface area contributed by atoms with E-state index in [4.69, 9.17) is 4.74 Å². The zero-order chi connectivity index (χ0) is 22.5. The number of aromatic amines is 1. The Hall–Kier alpha value is -3.09. The molecule has 4 rings (SSSR count). The van der Waals surface area contributed by atoms with E-state index in [0.29, 0.717) is 19.6 Å². The molecule has 4 aromatic rings. The van der Waals surface area contributed by atoms with Gasteiger partial charge in [0.15, 0.2) is 0 Å². The molecule has 0 saturated carbocycles. The van der Waals surface area contributed by atoms with E-state index >= 15 is 0 Å². The van der Waals surface area contributed by atoms with Gasteiger partial charge in [-0.05, 0) is 42.3 Å². The van der Waals surface area contributed by atoms with Gasteiger partial charge in [-0.3, -0.25) is 10.1 Å². The second-order valence-corrected chi connectivity index (χ2v) is 8.78. The van der Waals surface area contributed by atoms with Gasteiger partial charge in [0.1, 0.15) is 18.4 Å². The van der Waals surface area contributed by atoms with Gasteiger partial charge in [0.05, 0.1) is 0 Å². The minimum absolute atomic E-state index is 0.377. The minimum Gasteiger partial charge on any atom is -0.489 e. The van der Waals surface area contributed by atoms with Gasteiger partial charge in [-0.15, -0.1) is 0 Å². The van der Waals surface area contributed by atoms with Crippen LogP contribution in [0.1, 0.15) is 22.3 Å². The average Bonchev–Trinajstić information content (AvgIpc) is 3.18. The summed E-state index contributed by atoms with van der Waals surface area (Å²) in [6.45, 7) is 2.88. The number of carboxylic acid groups (broad SMARTS) is 1. The first-order valence-corrected chi connectivity index (χ1v) is 11.3. The minimum atomic E-state index is -0.882. The molecule has 0 radical (unpaired) electrons. The van der Waals surface area contributed by atoms with Crippen LogP contribution in [0, 0.1) is 6.92 Å². The van der Waals surface area contributed by atoms with Crippen molar-refractivity contribution >= 4 is 32.8 Å². The maximum absolute atomic E-state index is 12.0. The van der Waals surface area contributed by atoms with Crippen molar-refractivity contribution in [3.8, 4) is 5.75 Å². The summed E-state index contributed by atoms with van der Waals surface area (Å²) in [5.41, 5.74) is 5.16. The Labute approximate surface area is 195 Å². The Morgan fingerprint density at radius 2 is 1.94 bits per heavy atom. The van der Waals surface area contributed by atoms with Crippen LogP contribution in [0.15, 0.2) is 77.4 Å². The number of hydrogen-bond acceptors (Lipinski definition) is 3. The number of aromatic nitrogens is 1. The molecule has 0 aliphatic carbocycles. The van der Waals surface area contributed by atoms with Gasteiger partial charge in [-0.1, -0.05) is 64.0 Å². The number of aryl methyl sites for hydroxylation is 1. The maximum atomic E-state index is 12.0. The number of hydrogen-bond donors (Lipinski definition) is 3. The molecule has 0 fully saturated rings. The van der Waals surface area contributed by atoms with Crippen LogP contribution in [0.2, 0.25) is 0 Å². The van der Waals surface area contributed by atoms with E-state index in [2.05, 4.69) is 45.3 Å². The molecule has 0 bridgehead atoms. The van der Waals surface area contributed by atoms with E-state index in [1.165, 1.54) is 5.56 Å². The Bertz CT molecular complexity index is 1230. The highest BCUT2D eigenvalue weighted by atomic mass is 79.9. The monoisotopic (exact) mass is 492 g/mol. The first-order valence-electron chi connectivity index (χ1n) is 10.5.